The number of carbonyl (C=O) groups excluding carboxylic acids is 2. The van der Waals surface area contributed by atoms with E-state index in [2.05, 4.69) is 31.8 Å². The van der Waals surface area contributed by atoms with E-state index in [0.717, 1.165) is 21.2 Å². The predicted octanol–water partition coefficient (Wildman–Crippen LogP) is 5.39. The van der Waals surface area contributed by atoms with Crippen LogP contribution in [0.15, 0.2) is 70.2 Å². The van der Waals surface area contributed by atoms with Gasteiger partial charge in [-0.1, -0.05) is 51.8 Å². The Kier molecular flexibility index (Phi) is 8.03. The lowest BCUT2D eigenvalue weighted by molar-refractivity contribution is -0.136. The minimum absolute atomic E-state index is 0.271. The van der Waals surface area contributed by atoms with Crippen molar-refractivity contribution in [1.82, 2.24) is 5.43 Å². The Morgan fingerprint density at radius 2 is 1.81 bits per heavy atom. The first-order valence-electron chi connectivity index (χ1n) is 9.71. The number of nitrogens with zero attached hydrogens (tertiary/aromatic N) is 1. The highest BCUT2D eigenvalue weighted by molar-refractivity contribution is 9.10. The molecule has 3 aromatic rings. The maximum Gasteiger partial charge on any atom is 0.329 e. The molecule has 0 aliphatic rings. The summed E-state index contributed by atoms with van der Waals surface area (Å²) in [6.45, 7) is 4.17. The van der Waals surface area contributed by atoms with Crippen LogP contribution in [0.25, 0.3) is 0 Å². The zero-order valence-electron chi connectivity index (χ0n) is 17.5. The summed E-state index contributed by atoms with van der Waals surface area (Å²) >= 11 is 9.58. The number of ether oxygens (including phenoxy) is 1. The van der Waals surface area contributed by atoms with Crippen LogP contribution in [0.4, 0.5) is 5.69 Å². The Hall–Kier alpha value is -3.16. The van der Waals surface area contributed by atoms with Crippen LogP contribution in [-0.4, -0.2) is 18.0 Å². The van der Waals surface area contributed by atoms with Gasteiger partial charge in [-0.15, -0.1) is 0 Å². The molecule has 0 saturated heterocycles. The summed E-state index contributed by atoms with van der Waals surface area (Å²) in [7, 11) is 0. The van der Waals surface area contributed by atoms with Gasteiger partial charge in [-0.05, 0) is 61.4 Å². The fourth-order valence-electron chi connectivity index (χ4n) is 2.74. The van der Waals surface area contributed by atoms with E-state index < -0.39 is 11.8 Å². The summed E-state index contributed by atoms with van der Waals surface area (Å²) in [4.78, 5) is 24.2. The Labute approximate surface area is 199 Å². The van der Waals surface area contributed by atoms with Gasteiger partial charge >= 0.3 is 11.8 Å². The topological polar surface area (TPSA) is 79.8 Å². The van der Waals surface area contributed by atoms with Crippen LogP contribution >= 0.6 is 27.5 Å². The molecule has 2 amide bonds. The van der Waals surface area contributed by atoms with Crippen LogP contribution in [0.5, 0.6) is 5.75 Å². The second kappa shape index (κ2) is 10.9. The Bertz CT molecular complexity index is 1180. The van der Waals surface area contributed by atoms with Crippen LogP contribution < -0.4 is 15.5 Å². The summed E-state index contributed by atoms with van der Waals surface area (Å²) < 4.78 is 6.68. The van der Waals surface area contributed by atoms with Gasteiger partial charge in [-0.25, -0.2) is 5.43 Å². The van der Waals surface area contributed by atoms with Gasteiger partial charge in [0.05, 0.1) is 6.21 Å². The summed E-state index contributed by atoms with van der Waals surface area (Å²) in [6.07, 6.45) is 1.41. The van der Waals surface area contributed by atoms with E-state index in [0.29, 0.717) is 22.0 Å². The van der Waals surface area contributed by atoms with Crippen molar-refractivity contribution in [1.29, 1.82) is 0 Å². The van der Waals surface area contributed by atoms with Crippen LogP contribution in [0.3, 0.4) is 0 Å². The van der Waals surface area contributed by atoms with Gasteiger partial charge in [-0.2, -0.15) is 5.10 Å². The molecular formula is C24H21BrClN3O3. The molecule has 0 unspecified atom stereocenters. The molecule has 3 rings (SSSR count). The van der Waals surface area contributed by atoms with Crippen LogP contribution in [-0.2, 0) is 16.2 Å². The summed E-state index contributed by atoms with van der Waals surface area (Å²) in [5.74, 6) is -1.14. The largest absolute Gasteiger partial charge is 0.488 e. The molecule has 0 atom stereocenters. The Balaban J connectivity index is 1.63. The maximum absolute atomic E-state index is 12.1. The van der Waals surface area contributed by atoms with Crippen molar-refractivity contribution in [3.05, 3.63) is 92.4 Å². The summed E-state index contributed by atoms with van der Waals surface area (Å²) in [5, 5.41) is 7.06. The Morgan fingerprint density at radius 1 is 1.03 bits per heavy atom. The third-order valence-electron chi connectivity index (χ3n) is 4.65. The third kappa shape index (κ3) is 6.42. The van der Waals surface area contributed by atoms with E-state index in [4.69, 9.17) is 16.3 Å². The number of anilines is 1. The number of benzene rings is 3. The lowest BCUT2D eigenvalue weighted by Gasteiger charge is -2.10. The number of nitrogens with one attached hydrogen (secondary N) is 2. The monoisotopic (exact) mass is 513 g/mol. The van der Waals surface area contributed by atoms with E-state index in [1.54, 1.807) is 30.3 Å². The van der Waals surface area contributed by atoms with Crippen molar-refractivity contribution in [3.63, 3.8) is 0 Å². The minimum atomic E-state index is -0.881. The van der Waals surface area contributed by atoms with Crippen molar-refractivity contribution in [2.24, 2.45) is 5.10 Å². The van der Waals surface area contributed by atoms with Crippen molar-refractivity contribution < 1.29 is 14.3 Å². The van der Waals surface area contributed by atoms with Crippen molar-refractivity contribution in [2.75, 3.05) is 5.32 Å². The van der Waals surface area contributed by atoms with E-state index in [9.17, 15) is 9.59 Å². The zero-order chi connectivity index (χ0) is 23.1. The average molecular weight is 515 g/mol. The first-order valence-corrected chi connectivity index (χ1v) is 10.9. The average Bonchev–Trinajstić information content (AvgIpc) is 2.76. The highest BCUT2D eigenvalue weighted by atomic mass is 79.9. The van der Waals surface area contributed by atoms with Crippen molar-refractivity contribution in [3.8, 4) is 5.75 Å². The number of halogens is 2. The van der Waals surface area contributed by atoms with Crippen LogP contribution in [0, 0.1) is 13.8 Å². The molecule has 0 spiro atoms. The van der Waals surface area contributed by atoms with Gasteiger partial charge in [0.15, 0.2) is 0 Å². The molecule has 164 valence electrons. The molecule has 0 radical (unpaired) electrons. The third-order valence-corrected chi connectivity index (χ3v) is 5.52. The molecule has 0 aliphatic heterocycles. The first-order chi connectivity index (χ1) is 15.3. The molecule has 0 aromatic heterocycles. The number of hydrogen-bond acceptors (Lipinski definition) is 4. The number of hydrazone groups is 1. The molecule has 0 heterocycles. The quantitative estimate of drug-likeness (QED) is 0.263. The molecule has 0 fully saturated rings. The standard InChI is InChI=1S/C24H21BrClN3O3/c1-15-7-9-20(11-16(15)2)28-23(30)24(31)29-27-13-18-12-19(25)8-10-22(18)32-14-17-5-3-4-6-21(17)26/h3-13H,14H2,1-2H3,(H,28,30)(H,29,31)/b27-13-. The van der Waals surface area contributed by atoms with Gasteiger partial charge in [0.1, 0.15) is 12.4 Å². The lowest BCUT2D eigenvalue weighted by atomic mass is 10.1. The minimum Gasteiger partial charge on any atom is -0.488 e. The van der Waals surface area contributed by atoms with Gasteiger partial charge in [0.2, 0.25) is 0 Å². The second-order valence-electron chi connectivity index (χ2n) is 7.01. The van der Waals surface area contributed by atoms with Gasteiger partial charge in [0, 0.05) is 26.3 Å². The molecule has 0 aliphatic carbocycles. The lowest BCUT2D eigenvalue weighted by Crippen LogP contribution is -2.32. The predicted molar refractivity (Wildman–Crippen MR) is 130 cm³/mol. The van der Waals surface area contributed by atoms with E-state index in [1.807, 2.05) is 44.2 Å². The van der Waals surface area contributed by atoms with Crippen LogP contribution in [0.2, 0.25) is 5.02 Å². The van der Waals surface area contributed by atoms with Gasteiger partial charge in [-0.3, -0.25) is 9.59 Å². The zero-order valence-corrected chi connectivity index (χ0v) is 19.8. The van der Waals surface area contributed by atoms with Gasteiger partial charge < -0.3 is 10.1 Å². The molecule has 0 bridgehead atoms. The Morgan fingerprint density at radius 3 is 2.56 bits per heavy atom. The number of hydrogen-bond donors (Lipinski definition) is 2. The first kappa shape index (κ1) is 23.5. The molecule has 8 heteroatoms. The van der Waals surface area contributed by atoms with Crippen molar-refractivity contribution >= 4 is 51.2 Å². The second-order valence-corrected chi connectivity index (χ2v) is 8.34. The SMILES string of the molecule is Cc1ccc(NC(=O)C(=O)N/N=C\c2cc(Br)ccc2OCc2ccccc2Cl)cc1C. The highest BCUT2D eigenvalue weighted by Crippen LogP contribution is 2.24. The smallest absolute Gasteiger partial charge is 0.329 e. The van der Waals surface area contributed by atoms with E-state index in [-0.39, 0.29) is 6.61 Å². The normalized spacial score (nSPS) is 10.8. The molecule has 2 N–H and O–H groups in total. The molecule has 6 nitrogen and oxygen atoms in total. The number of rotatable bonds is 6. The van der Waals surface area contributed by atoms with E-state index in [1.165, 1.54) is 6.21 Å². The van der Waals surface area contributed by atoms with E-state index >= 15 is 0 Å². The number of aryl methyl sites for hydroxylation is 2. The maximum atomic E-state index is 12.1. The molecule has 3 aromatic carbocycles. The number of carbonyl (C=O) groups is 2. The van der Waals surface area contributed by atoms with Crippen LogP contribution in [0.1, 0.15) is 22.3 Å². The fraction of sp³-hybridized carbons (Fsp3) is 0.125. The number of amides is 2. The fourth-order valence-corrected chi connectivity index (χ4v) is 3.31. The highest BCUT2D eigenvalue weighted by Gasteiger charge is 2.13. The summed E-state index contributed by atoms with van der Waals surface area (Å²) in [6, 6.07) is 18.2. The molecule has 32 heavy (non-hydrogen) atoms. The van der Waals surface area contributed by atoms with Gasteiger partial charge in [0.25, 0.3) is 0 Å². The van der Waals surface area contributed by atoms with Crippen molar-refractivity contribution in [2.45, 2.75) is 20.5 Å². The molecular weight excluding hydrogens is 494 g/mol. The molecule has 0 saturated carbocycles. The summed E-state index contributed by atoms with van der Waals surface area (Å²) in [5.41, 5.74) is 6.34.